The maximum atomic E-state index is 8.81. The SMILES string of the molecule is C=C/C=C\C(C#N)=C/c1ccccc1.CC. The minimum absolute atomic E-state index is 0.621. The van der Waals surface area contributed by atoms with Crippen molar-refractivity contribution in [3.63, 3.8) is 0 Å². The van der Waals surface area contributed by atoms with Crippen LogP contribution in [0.5, 0.6) is 0 Å². The molecule has 0 spiro atoms. The molecule has 0 heterocycles. The van der Waals surface area contributed by atoms with Gasteiger partial charge in [0.05, 0.1) is 11.6 Å². The molecule has 0 amide bonds. The van der Waals surface area contributed by atoms with Crippen LogP contribution in [0.15, 0.2) is 60.7 Å². The molecule has 1 aromatic rings. The third-order valence-electron chi connectivity index (χ3n) is 1.66. The number of hydrogen-bond acceptors (Lipinski definition) is 1. The molecule has 16 heavy (non-hydrogen) atoms. The number of allylic oxidation sites excluding steroid dienone is 4. The van der Waals surface area contributed by atoms with Crippen molar-refractivity contribution in [3.8, 4) is 6.07 Å². The normalized spacial score (nSPS) is 10.2. The van der Waals surface area contributed by atoms with E-state index in [4.69, 9.17) is 5.26 Å². The van der Waals surface area contributed by atoms with Crippen LogP contribution in [-0.4, -0.2) is 0 Å². The molecule has 0 saturated carbocycles. The molecular weight excluding hydrogens is 194 g/mol. The van der Waals surface area contributed by atoms with Gasteiger partial charge in [-0.2, -0.15) is 5.26 Å². The predicted molar refractivity (Wildman–Crippen MR) is 70.7 cm³/mol. The standard InChI is InChI=1S/C13H11N.C2H6/c1-2-3-7-13(11-14)10-12-8-5-4-6-9-12;1-2/h2-10H,1H2;1-2H3/b7-3-,13-10+;. The van der Waals surface area contributed by atoms with Crippen LogP contribution < -0.4 is 0 Å². The van der Waals surface area contributed by atoms with Crippen LogP contribution in [0.2, 0.25) is 0 Å². The van der Waals surface area contributed by atoms with E-state index >= 15 is 0 Å². The molecular formula is C15H17N. The van der Waals surface area contributed by atoms with E-state index in [9.17, 15) is 0 Å². The van der Waals surface area contributed by atoms with Crippen molar-refractivity contribution in [2.24, 2.45) is 0 Å². The zero-order valence-electron chi connectivity index (χ0n) is 9.85. The van der Waals surface area contributed by atoms with Gasteiger partial charge in [0.15, 0.2) is 0 Å². The molecule has 0 aliphatic heterocycles. The largest absolute Gasteiger partial charge is 0.192 e. The number of benzene rings is 1. The van der Waals surface area contributed by atoms with E-state index in [-0.39, 0.29) is 0 Å². The van der Waals surface area contributed by atoms with Crippen LogP contribution in [0.4, 0.5) is 0 Å². The molecule has 0 N–H and O–H groups in total. The second kappa shape index (κ2) is 9.48. The first-order valence-corrected chi connectivity index (χ1v) is 5.33. The smallest absolute Gasteiger partial charge is 0.0991 e. The fraction of sp³-hybridized carbons (Fsp3) is 0.133. The van der Waals surface area contributed by atoms with E-state index in [1.54, 1.807) is 18.2 Å². The van der Waals surface area contributed by atoms with Crippen molar-refractivity contribution in [1.29, 1.82) is 5.26 Å². The van der Waals surface area contributed by atoms with E-state index in [2.05, 4.69) is 12.6 Å². The van der Waals surface area contributed by atoms with Crippen molar-refractivity contribution < 1.29 is 0 Å². The van der Waals surface area contributed by atoms with E-state index in [0.717, 1.165) is 5.56 Å². The topological polar surface area (TPSA) is 23.8 Å². The van der Waals surface area contributed by atoms with Gasteiger partial charge in [-0.3, -0.25) is 0 Å². The number of nitriles is 1. The van der Waals surface area contributed by atoms with E-state index in [0.29, 0.717) is 5.57 Å². The zero-order valence-corrected chi connectivity index (χ0v) is 9.85. The van der Waals surface area contributed by atoms with Crippen LogP contribution in [0, 0.1) is 11.3 Å². The molecule has 1 aromatic carbocycles. The molecule has 82 valence electrons. The summed E-state index contributed by atoms with van der Waals surface area (Å²) in [7, 11) is 0. The monoisotopic (exact) mass is 211 g/mol. The van der Waals surface area contributed by atoms with Gasteiger partial charge in [0.25, 0.3) is 0 Å². The Balaban J connectivity index is 0.00000106. The highest BCUT2D eigenvalue weighted by molar-refractivity contribution is 5.60. The van der Waals surface area contributed by atoms with Crippen molar-refractivity contribution in [2.45, 2.75) is 13.8 Å². The maximum Gasteiger partial charge on any atom is 0.0991 e. The Morgan fingerprint density at radius 2 is 1.88 bits per heavy atom. The predicted octanol–water partition coefficient (Wildman–Crippen LogP) is 4.36. The fourth-order valence-electron chi connectivity index (χ4n) is 1.02. The third-order valence-corrected chi connectivity index (χ3v) is 1.66. The Labute approximate surface area is 98.0 Å². The zero-order chi connectivity index (χ0) is 12.2. The molecule has 1 nitrogen and oxygen atoms in total. The van der Waals surface area contributed by atoms with Gasteiger partial charge in [0.1, 0.15) is 0 Å². The summed E-state index contributed by atoms with van der Waals surface area (Å²) in [4.78, 5) is 0. The van der Waals surface area contributed by atoms with Gasteiger partial charge in [-0.1, -0.05) is 62.9 Å². The molecule has 0 fully saturated rings. The molecule has 0 saturated heterocycles. The van der Waals surface area contributed by atoms with Crippen LogP contribution in [0.3, 0.4) is 0 Å². The molecule has 0 aromatic heterocycles. The highest BCUT2D eigenvalue weighted by atomic mass is 14.2. The molecule has 0 bridgehead atoms. The summed E-state index contributed by atoms with van der Waals surface area (Å²) in [6.07, 6.45) is 6.97. The summed E-state index contributed by atoms with van der Waals surface area (Å²) in [5.41, 5.74) is 1.65. The van der Waals surface area contributed by atoms with Crippen molar-refractivity contribution in [2.75, 3.05) is 0 Å². The summed E-state index contributed by atoms with van der Waals surface area (Å²) in [6.45, 7) is 7.55. The molecule has 0 unspecified atom stereocenters. The fourth-order valence-corrected chi connectivity index (χ4v) is 1.02. The van der Waals surface area contributed by atoms with Gasteiger partial charge >= 0.3 is 0 Å². The molecule has 0 aliphatic carbocycles. The first-order chi connectivity index (χ1) is 7.86. The highest BCUT2D eigenvalue weighted by Gasteiger charge is 1.89. The second-order valence-corrected chi connectivity index (χ2v) is 2.72. The summed E-state index contributed by atoms with van der Waals surface area (Å²) in [5, 5.41) is 8.81. The van der Waals surface area contributed by atoms with Crippen LogP contribution >= 0.6 is 0 Å². The molecule has 0 radical (unpaired) electrons. The third kappa shape index (κ3) is 5.62. The molecule has 0 aliphatic rings. The number of hydrogen-bond donors (Lipinski definition) is 0. The van der Waals surface area contributed by atoms with Gasteiger partial charge in [-0.15, -0.1) is 0 Å². The van der Waals surface area contributed by atoms with Gasteiger partial charge < -0.3 is 0 Å². The van der Waals surface area contributed by atoms with E-state index in [1.807, 2.05) is 50.3 Å². The summed E-state index contributed by atoms with van der Waals surface area (Å²) < 4.78 is 0. The van der Waals surface area contributed by atoms with Gasteiger partial charge in [-0.05, 0) is 17.7 Å². The lowest BCUT2D eigenvalue weighted by molar-refractivity contribution is 1.50. The highest BCUT2D eigenvalue weighted by Crippen LogP contribution is 2.06. The average Bonchev–Trinajstić information content (AvgIpc) is 2.38. The lowest BCUT2D eigenvalue weighted by atomic mass is 10.1. The lowest BCUT2D eigenvalue weighted by Crippen LogP contribution is -1.74. The first kappa shape index (κ1) is 13.9. The second-order valence-electron chi connectivity index (χ2n) is 2.72. The van der Waals surface area contributed by atoms with Crippen molar-refractivity contribution in [3.05, 3.63) is 66.3 Å². The van der Waals surface area contributed by atoms with Crippen LogP contribution in [-0.2, 0) is 0 Å². The van der Waals surface area contributed by atoms with Gasteiger partial charge in [-0.25, -0.2) is 0 Å². The minimum atomic E-state index is 0.621. The first-order valence-electron chi connectivity index (χ1n) is 5.33. The molecule has 0 atom stereocenters. The van der Waals surface area contributed by atoms with Crippen LogP contribution in [0.1, 0.15) is 19.4 Å². The molecule has 1 heteroatoms. The van der Waals surface area contributed by atoms with Crippen LogP contribution in [0.25, 0.3) is 6.08 Å². The maximum absolute atomic E-state index is 8.81. The lowest BCUT2D eigenvalue weighted by Gasteiger charge is -1.91. The Morgan fingerprint density at radius 3 is 2.38 bits per heavy atom. The van der Waals surface area contributed by atoms with E-state index < -0.39 is 0 Å². The average molecular weight is 211 g/mol. The number of nitrogens with zero attached hydrogens (tertiary/aromatic N) is 1. The summed E-state index contributed by atoms with van der Waals surface area (Å²) in [5.74, 6) is 0. The summed E-state index contributed by atoms with van der Waals surface area (Å²) in [6, 6.07) is 11.9. The Bertz CT molecular complexity index is 391. The Kier molecular flexibility index (Phi) is 8.26. The Hall–Kier alpha value is -2.07. The summed E-state index contributed by atoms with van der Waals surface area (Å²) >= 11 is 0. The van der Waals surface area contributed by atoms with Crippen molar-refractivity contribution >= 4 is 6.08 Å². The van der Waals surface area contributed by atoms with Gasteiger partial charge in [0, 0.05) is 0 Å². The number of rotatable bonds is 3. The van der Waals surface area contributed by atoms with Gasteiger partial charge in [0.2, 0.25) is 0 Å². The Morgan fingerprint density at radius 1 is 1.25 bits per heavy atom. The quantitative estimate of drug-likeness (QED) is 0.538. The minimum Gasteiger partial charge on any atom is -0.192 e. The van der Waals surface area contributed by atoms with Crippen molar-refractivity contribution in [1.82, 2.24) is 0 Å². The van der Waals surface area contributed by atoms with E-state index in [1.165, 1.54) is 0 Å². The molecule has 1 rings (SSSR count).